The third kappa shape index (κ3) is 60.2. The number of rotatable bonds is 54. The lowest BCUT2D eigenvalue weighted by molar-refractivity contribution is -0.167. The minimum absolute atomic E-state index is 0.101. The Morgan fingerprint density at radius 1 is 0.276 bits per heavy atom. The molecule has 0 N–H and O–H groups in total. The third-order valence-electron chi connectivity index (χ3n) is 12.6. The highest BCUT2D eigenvalue weighted by atomic mass is 16.6. The van der Waals surface area contributed by atoms with Crippen molar-refractivity contribution < 1.29 is 28.6 Å². The van der Waals surface area contributed by atoms with Gasteiger partial charge in [-0.3, -0.25) is 14.4 Å². The molecule has 0 rings (SSSR count). The molecule has 0 fully saturated rings. The highest BCUT2D eigenvalue weighted by Gasteiger charge is 2.19. The van der Waals surface area contributed by atoms with Crippen molar-refractivity contribution in [2.24, 2.45) is 0 Å². The smallest absolute Gasteiger partial charge is 0.306 e. The molecule has 1 unspecified atom stereocenters. The first kappa shape index (κ1) is 71.3. The molecule has 0 saturated carbocycles. The maximum Gasteiger partial charge on any atom is 0.306 e. The van der Waals surface area contributed by atoms with Crippen molar-refractivity contribution in [3.8, 4) is 0 Å². The maximum atomic E-state index is 12.9. The van der Waals surface area contributed by atoms with Crippen molar-refractivity contribution in [3.05, 3.63) is 146 Å². The van der Waals surface area contributed by atoms with Crippen LogP contribution in [0.25, 0.3) is 0 Å². The number of hydrogen-bond donors (Lipinski definition) is 0. The summed E-state index contributed by atoms with van der Waals surface area (Å²) in [5.41, 5.74) is 0. The van der Waals surface area contributed by atoms with Gasteiger partial charge in [0.15, 0.2) is 6.10 Å². The summed E-state index contributed by atoms with van der Waals surface area (Å²) in [7, 11) is 0. The third-order valence-corrected chi connectivity index (χ3v) is 12.6. The van der Waals surface area contributed by atoms with Gasteiger partial charge >= 0.3 is 17.9 Å². The fourth-order valence-corrected chi connectivity index (χ4v) is 7.98. The predicted octanol–water partition coefficient (Wildman–Crippen LogP) is 21.2. The van der Waals surface area contributed by atoms with E-state index in [9.17, 15) is 14.4 Å². The molecule has 0 spiro atoms. The van der Waals surface area contributed by atoms with E-state index in [-0.39, 0.29) is 31.1 Å². The molecule has 0 radical (unpaired) electrons. The van der Waals surface area contributed by atoms with Crippen molar-refractivity contribution in [3.63, 3.8) is 0 Å². The molecule has 0 amide bonds. The highest BCUT2D eigenvalue weighted by molar-refractivity contribution is 5.71. The van der Waals surface area contributed by atoms with Gasteiger partial charge in [0.2, 0.25) is 0 Å². The number of esters is 3. The first-order valence-corrected chi connectivity index (χ1v) is 30.8. The second-order valence-electron chi connectivity index (χ2n) is 19.8. The largest absolute Gasteiger partial charge is 0.462 e. The highest BCUT2D eigenvalue weighted by Crippen LogP contribution is 2.14. The zero-order valence-corrected chi connectivity index (χ0v) is 49.0. The van der Waals surface area contributed by atoms with Crippen molar-refractivity contribution in [2.45, 2.75) is 264 Å². The summed E-state index contributed by atoms with van der Waals surface area (Å²) >= 11 is 0. The van der Waals surface area contributed by atoms with E-state index in [1.54, 1.807) is 0 Å². The van der Waals surface area contributed by atoms with Crippen LogP contribution in [0.3, 0.4) is 0 Å². The zero-order valence-electron chi connectivity index (χ0n) is 49.0. The van der Waals surface area contributed by atoms with Crippen LogP contribution in [0.4, 0.5) is 0 Å². The lowest BCUT2D eigenvalue weighted by Gasteiger charge is -2.18. The molecule has 0 aliphatic rings. The SMILES string of the molecule is CC/C=C\C/C=C\C/C=C\C/C=C\C/C=C\C/C=C\C/C=C\CCCCCCCC(=O)OCC(COC(=O)CCCCCCC/C=C\C/C=C\CCCC)OC(=O)CCCCCCCCC/C=C\C/C=C\C/C=C\CC. The topological polar surface area (TPSA) is 78.9 Å². The van der Waals surface area contributed by atoms with Gasteiger partial charge in [-0.2, -0.15) is 0 Å². The number of carbonyl (C=O) groups excluding carboxylic acids is 3. The van der Waals surface area contributed by atoms with Crippen LogP contribution in [0.15, 0.2) is 146 Å². The number of ether oxygens (including phenoxy) is 3. The molecule has 0 bridgehead atoms. The van der Waals surface area contributed by atoms with E-state index in [0.717, 1.165) is 173 Å². The number of unbranched alkanes of at least 4 members (excludes halogenated alkanes) is 19. The van der Waals surface area contributed by atoms with Crippen LogP contribution in [0.1, 0.15) is 258 Å². The Morgan fingerprint density at radius 2 is 0.513 bits per heavy atom. The molecule has 0 saturated heterocycles. The van der Waals surface area contributed by atoms with Crippen LogP contribution in [0, 0.1) is 0 Å². The number of hydrogen-bond acceptors (Lipinski definition) is 6. The Hall–Kier alpha value is -4.71. The minimum Gasteiger partial charge on any atom is -0.462 e. The van der Waals surface area contributed by atoms with Gasteiger partial charge in [0.25, 0.3) is 0 Å². The van der Waals surface area contributed by atoms with E-state index in [1.807, 2.05) is 0 Å². The predicted molar refractivity (Wildman–Crippen MR) is 329 cm³/mol. The molecule has 6 nitrogen and oxygen atoms in total. The van der Waals surface area contributed by atoms with Gasteiger partial charge in [-0.1, -0.05) is 250 Å². The molecule has 0 aromatic rings. The van der Waals surface area contributed by atoms with E-state index in [0.29, 0.717) is 19.3 Å². The van der Waals surface area contributed by atoms with Crippen molar-refractivity contribution >= 4 is 17.9 Å². The first-order valence-electron chi connectivity index (χ1n) is 30.8. The van der Waals surface area contributed by atoms with Crippen LogP contribution < -0.4 is 0 Å². The van der Waals surface area contributed by atoms with Gasteiger partial charge in [-0.05, 0) is 135 Å². The average molecular weight is 1050 g/mol. The van der Waals surface area contributed by atoms with Gasteiger partial charge in [0.05, 0.1) is 0 Å². The van der Waals surface area contributed by atoms with Crippen LogP contribution >= 0.6 is 0 Å². The van der Waals surface area contributed by atoms with Crippen molar-refractivity contribution in [1.82, 2.24) is 0 Å². The van der Waals surface area contributed by atoms with Crippen LogP contribution in [0.5, 0.6) is 0 Å². The van der Waals surface area contributed by atoms with Crippen LogP contribution in [0.2, 0.25) is 0 Å². The maximum absolute atomic E-state index is 12.9. The number of carbonyl (C=O) groups is 3. The Balaban J connectivity index is 4.43. The zero-order chi connectivity index (χ0) is 55.0. The van der Waals surface area contributed by atoms with Crippen molar-refractivity contribution in [2.75, 3.05) is 13.2 Å². The van der Waals surface area contributed by atoms with Gasteiger partial charge in [-0.15, -0.1) is 0 Å². The summed E-state index contributed by atoms with van der Waals surface area (Å²) in [4.78, 5) is 38.3. The van der Waals surface area contributed by atoms with Crippen molar-refractivity contribution in [1.29, 1.82) is 0 Å². The molecule has 76 heavy (non-hydrogen) atoms. The van der Waals surface area contributed by atoms with E-state index >= 15 is 0 Å². The van der Waals surface area contributed by atoms with Gasteiger partial charge in [0, 0.05) is 19.3 Å². The Labute approximate surface area is 467 Å². The Bertz CT molecular complexity index is 1680. The van der Waals surface area contributed by atoms with Crippen LogP contribution in [-0.2, 0) is 28.6 Å². The lowest BCUT2D eigenvalue weighted by atomic mass is 10.1. The Kier molecular flexibility index (Phi) is 58.9. The molecule has 0 aliphatic heterocycles. The number of allylic oxidation sites excluding steroid dienone is 24. The fourth-order valence-electron chi connectivity index (χ4n) is 7.98. The van der Waals surface area contributed by atoms with Crippen LogP contribution in [-0.4, -0.2) is 37.2 Å². The quantitative estimate of drug-likeness (QED) is 0.0261. The molecular formula is C70H112O6. The summed E-state index contributed by atoms with van der Waals surface area (Å²) < 4.78 is 16.9. The van der Waals surface area contributed by atoms with Gasteiger partial charge < -0.3 is 14.2 Å². The second-order valence-corrected chi connectivity index (χ2v) is 19.8. The molecule has 6 heteroatoms. The molecule has 1 atom stereocenters. The van der Waals surface area contributed by atoms with Gasteiger partial charge in [-0.25, -0.2) is 0 Å². The summed E-state index contributed by atoms with van der Waals surface area (Å²) in [6.07, 6.45) is 89.8. The molecular weight excluding hydrogens is 937 g/mol. The minimum atomic E-state index is -0.805. The molecule has 0 aliphatic carbocycles. The van der Waals surface area contributed by atoms with E-state index in [2.05, 4.69) is 167 Å². The second kappa shape index (κ2) is 62.8. The molecule has 0 aromatic heterocycles. The van der Waals surface area contributed by atoms with Gasteiger partial charge in [0.1, 0.15) is 13.2 Å². The summed E-state index contributed by atoms with van der Waals surface area (Å²) in [5.74, 6) is -0.946. The summed E-state index contributed by atoms with van der Waals surface area (Å²) in [6, 6.07) is 0. The standard InChI is InChI=1S/C70H112O6/c1-4-7-10-13-16-19-22-25-28-30-31-32-33-34-35-36-37-38-39-41-42-45-48-51-54-57-60-63-69(72)75-66-67(65-74-68(71)62-59-56-53-50-47-44-27-24-21-18-15-12-9-6-3)76-70(73)64-61-58-55-52-49-46-43-40-29-26-23-20-17-14-11-8-5-2/h7-8,10-11,15-20,24-29,31-32,34-35,37-38,41-42,67H,4-6,9,12-14,21-23,30,33,36,39-40,43-66H2,1-3H3/b10-7-,11-8-,18-15-,19-16-,20-17-,27-24-,28-25-,29-26-,32-31-,35-34-,38-37-,42-41-. The average Bonchev–Trinajstić information content (AvgIpc) is 3.42. The Morgan fingerprint density at radius 3 is 0.803 bits per heavy atom. The molecule has 0 heterocycles. The molecule has 0 aromatic carbocycles. The molecule has 428 valence electrons. The lowest BCUT2D eigenvalue weighted by Crippen LogP contribution is -2.30. The first-order chi connectivity index (χ1) is 37.5. The normalized spacial score (nSPS) is 13.1. The van der Waals surface area contributed by atoms with E-state index in [1.165, 1.54) is 44.9 Å². The van der Waals surface area contributed by atoms with E-state index in [4.69, 9.17) is 14.2 Å². The fraction of sp³-hybridized carbons (Fsp3) is 0.614. The summed E-state index contributed by atoms with van der Waals surface area (Å²) in [6.45, 7) is 6.33. The summed E-state index contributed by atoms with van der Waals surface area (Å²) in [5, 5.41) is 0. The monoisotopic (exact) mass is 1050 g/mol. The van der Waals surface area contributed by atoms with E-state index < -0.39 is 6.10 Å².